The van der Waals surface area contributed by atoms with E-state index < -0.39 is 6.04 Å². The van der Waals surface area contributed by atoms with Gasteiger partial charge in [-0.15, -0.1) is 11.8 Å². The van der Waals surface area contributed by atoms with Gasteiger partial charge in [0.2, 0.25) is 11.8 Å². The Labute approximate surface area is 149 Å². The molecule has 0 unspecified atom stereocenters. The van der Waals surface area contributed by atoms with Crippen molar-refractivity contribution in [2.45, 2.75) is 12.1 Å². The molecule has 3 heterocycles. The minimum absolute atomic E-state index is 0.0196. The average Bonchev–Trinajstić information content (AvgIpc) is 3.15. The number of nitrogens with zero attached hydrogens (tertiary/aromatic N) is 3. The van der Waals surface area contributed by atoms with Crippen LogP contribution in [0.25, 0.3) is 0 Å². The molecule has 0 radical (unpaired) electrons. The molecular formula is C17H19N3O4S. The summed E-state index contributed by atoms with van der Waals surface area (Å²) < 4.78 is 5.11. The van der Waals surface area contributed by atoms with Crippen LogP contribution in [0.2, 0.25) is 0 Å². The lowest BCUT2D eigenvalue weighted by Gasteiger charge is -2.47. The lowest BCUT2D eigenvalue weighted by molar-refractivity contribution is -0.161. The van der Waals surface area contributed by atoms with E-state index in [2.05, 4.69) is 0 Å². The molecule has 0 spiro atoms. The van der Waals surface area contributed by atoms with E-state index in [9.17, 15) is 14.4 Å². The monoisotopic (exact) mass is 361 g/mol. The number of hydrogen-bond donors (Lipinski definition) is 0. The standard InChI is InChI=1S/C17H19N3O4S/c1-24-12-4-2-11(3-5-12)15(21)18-6-7-19-13(8-18)16(22)20-10-25-9-14(20)17(19)23/h2-5,13-14H,6-10H2,1H3/t13-,14+/m1/s1. The summed E-state index contributed by atoms with van der Waals surface area (Å²) in [6.07, 6.45) is 0. The second-order valence-electron chi connectivity index (χ2n) is 6.35. The smallest absolute Gasteiger partial charge is 0.254 e. The van der Waals surface area contributed by atoms with E-state index in [4.69, 9.17) is 4.74 Å². The first-order chi connectivity index (χ1) is 12.1. The highest BCUT2D eigenvalue weighted by atomic mass is 32.2. The van der Waals surface area contributed by atoms with Crippen molar-refractivity contribution in [1.82, 2.24) is 14.7 Å². The number of thioether (sulfide) groups is 1. The maximum Gasteiger partial charge on any atom is 0.254 e. The topological polar surface area (TPSA) is 70.2 Å². The molecule has 0 aromatic heterocycles. The zero-order valence-electron chi connectivity index (χ0n) is 13.9. The lowest BCUT2D eigenvalue weighted by atomic mass is 10.0. The summed E-state index contributed by atoms with van der Waals surface area (Å²) in [5.74, 6) is 1.77. The van der Waals surface area contributed by atoms with E-state index in [1.807, 2.05) is 0 Å². The Hall–Kier alpha value is -2.22. The predicted octanol–water partition coefficient (Wildman–Crippen LogP) is 0.263. The van der Waals surface area contributed by atoms with Crippen LogP contribution >= 0.6 is 11.8 Å². The van der Waals surface area contributed by atoms with Gasteiger partial charge in [0.05, 0.1) is 19.5 Å². The van der Waals surface area contributed by atoms with Crippen LogP contribution in [-0.2, 0) is 9.59 Å². The van der Waals surface area contributed by atoms with Crippen molar-refractivity contribution in [3.8, 4) is 5.75 Å². The molecule has 1 aromatic rings. The Balaban J connectivity index is 1.52. The third kappa shape index (κ3) is 2.64. The second-order valence-corrected chi connectivity index (χ2v) is 7.35. The number of amides is 3. The van der Waals surface area contributed by atoms with Crippen LogP contribution < -0.4 is 4.74 Å². The molecule has 3 saturated heterocycles. The highest BCUT2D eigenvalue weighted by Crippen LogP contribution is 2.30. The van der Waals surface area contributed by atoms with E-state index in [0.29, 0.717) is 36.0 Å². The van der Waals surface area contributed by atoms with Gasteiger partial charge in [-0.3, -0.25) is 14.4 Å². The molecule has 0 saturated carbocycles. The molecule has 8 heteroatoms. The van der Waals surface area contributed by atoms with Crippen LogP contribution in [0.5, 0.6) is 5.75 Å². The summed E-state index contributed by atoms with van der Waals surface area (Å²) >= 11 is 1.61. The highest BCUT2D eigenvalue weighted by Gasteiger charge is 2.50. The number of fused-ring (bicyclic) bond motifs is 2. The average molecular weight is 361 g/mol. The number of benzene rings is 1. The number of hydrogen-bond acceptors (Lipinski definition) is 5. The summed E-state index contributed by atoms with van der Waals surface area (Å²) in [4.78, 5) is 43.1. The van der Waals surface area contributed by atoms with Crippen molar-refractivity contribution in [1.29, 1.82) is 0 Å². The molecule has 1 aromatic carbocycles. The summed E-state index contributed by atoms with van der Waals surface area (Å²) in [7, 11) is 1.58. The van der Waals surface area contributed by atoms with Gasteiger partial charge < -0.3 is 19.4 Å². The fraction of sp³-hybridized carbons (Fsp3) is 0.471. The highest BCUT2D eigenvalue weighted by molar-refractivity contribution is 7.99. The SMILES string of the molecule is COc1ccc(C(=O)N2CCN3C(=O)[C@@H]4CSCN4C(=O)[C@H]3C2)cc1. The number of methoxy groups -OCH3 is 1. The Morgan fingerprint density at radius 3 is 2.52 bits per heavy atom. The van der Waals surface area contributed by atoms with Gasteiger partial charge in [-0.05, 0) is 24.3 Å². The van der Waals surface area contributed by atoms with Gasteiger partial charge >= 0.3 is 0 Å². The van der Waals surface area contributed by atoms with E-state index in [1.54, 1.807) is 57.8 Å². The van der Waals surface area contributed by atoms with Crippen LogP contribution in [0, 0.1) is 0 Å². The molecule has 7 nitrogen and oxygen atoms in total. The van der Waals surface area contributed by atoms with Crippen molar-refractivity contribution in [3.63, 3.8) is 0 Å². The van der Waals surface area contributed by atoms with Gasteiger partial charge in [-0.2, -0.15) is 0 Å². The maximum absolute atomic E-state index is 12.7. The van der Waals surface area contributed by atoms with Crippen molar-refractivity contribution < 1.29 is 19.1 Å². The van der Waals surface area contributed by atoms with E-state index >= 15 is 0 Å². The number of carbonyl (C=O) groups is 3. The molecule has 4 rings (SSSR count). The third-order valence-corrected chi connectivity index (χ3v) is 6.04. The molecular weight excluding hydrogens is 342 g/mol. The normalized spacial score (nSPS) is 25.7. The van der Waals surface area contributed by atoms with E-state index in [0.717, 1.165) is 0 Å². The van der Waals surface area contributed by atoms with Crippen molar-refractivity contribution >= 4 is 29.5 Å². The van der Waals surface area contributed by atoms with Crippen LogP contribution in [0.15, 0.2) is 24.3 Å². The van der Waals surface area contributed by atoms with Gasteiger partial charge in [-0.25, -0.2) is 0 Å². The molecule has 3 aliphatic rings. The molecule has 2 atom stereocenters. The van der Waals surface area contributed by atoms with Crippen molar-refractivity contribution in [2.75, 3.05) is 38.4 Å². The van der Waals surface area contributed by atoms with Crippen LogP contribution in [0.3, 0.4) is 0 Å². The Bertz CT molecular complexity index is 723. The number of ether oxygens (including phenoxy) is 1. The van der Waals surface area contributed by atoms with Gasteiger partial charge in [-0.1, -0.05) is 0 Å². The molecule has 132 valence electrons. The first-order valence-corrected chi connectivity index (χ1v) is 9.37. The largest absolute Gasteiger partial charge is 0.497 e. The minimum atomic E-state index is -0.557. The van der Waals surface area contributed by atoms with Crippen LogP contribution in [0.4, 0.5) is 0 Å². The first kappa shape index (κ1) is 16.3. The van der Waals surface area contributed by atoms with Crippen molar-refractivity contribution in [3.05, 3.63) is 29.8 Å². The number of rotatable bonds is 2. The zero-order valence-corrected chi connectivity index (χ0v) is 14.7. The van der Waals surface area contributed by atoms with Gasteiger partial charge in [0, 0.05) is 24.4 Å². The van der Waals surface area contributed by atoms with Crippen LogP contribution in [0.1, 0.15) is 10.4 Å². The predicted molar refractivity (Wildman–Crippen MR) is 92.4 cm³/mol. The quantitative estimate of drug-likeness (QED) is 0.756. The third-order valence-electron chi connectivity index (χ3n) is 5.02. The number of piperazine rings is 2. The zero-order chi connectivity index (χ0) is 17.6. The summed E-state index contributed by atoms with van der Waals surface area (Å²) in [5.41, 5.74) is 0.554. The first-order valence-electron chi connectivity index (χ1n) is 8.22. The second kappa shape index (κ2) is 6.25. The van der Waals surface area contributed by atoms with E-state index in [-0.39, 0.29) is 30.3 Å². The summed E-state index contributed by atoms with van der Waals surface area (Å²) in [6, 6.07) is 6.04. The van der Waals surface area contributed by atoms with E-state index in [1.165, 1.54) is 0 Å². The lowest BCUT2D eigenvalue weighted by Crippen LogP contribution is -2.69. The van der Waals surface area contributed by atoms with Gasteiger partial charge in [0.15, 0.2) is 0 Å². The molecule has 3 aliphatic heterocycles. The summed E-state index contributed by atoms with van der Waals surface area (Å²) in [5, 5.41) is 0. The molecule has 0 aliphatic carbocycles. The van der Waals surface area contributed by atoms with Gasteiger partial charge in [0.25, 0.3) is 5.91 Å². The fourth-order valence-corrected chi connectivity index (χ4v) is 4.76. The van der Waals surface area contributed by atoms with Crippen molar-refractivity contribution in [2.24, 2.45) is 0 Å². The molecule has 25 heavy (non-hydrogen) atoms. The molecule has 0 bridgehead atoms. The summed E-state index contributed by atoms with van der Waals surface area (Å²) in [6.45, 7) is 1.11. The minimum Gasteiger partial charge on any atom is -0.497 e. The Morgan fingerprint density at radius 2 is 1.80 bits per heavy atom. The Kier molecular flexibility index (Phi) is 4.07. The maximum atomic E-state index is 12.7. The molecule has 3 fully saturated rings. The van der Waals surface area contributed by atoms with Crippen LogP contribution in [-0.4, -0.2) is 82.9 Å². The van der Waals surface area contributed by atoms with Gasteiger partial charge in [0.1, 0.15) is 17.8 Å². The Morgan fingerprint density at radius 1 is 1.08 bits per heavy atom. The molecule has 3 amide bonds. The molecule has 0 N–H and O–H groups in total. The number of carbonyl (C=O) groups excluding carboxylic acids is 3. The fourth-order valence-electron chi connectivity index (χ4n) is 3.61.